The molecule has 1 unspecified atom stereocenters. The van der Waals surface area contributed by atoms with E-state index in [0.29, 0.717) is 6.54 Å². The van der Waals surface area contributed by atoms with Gasteiger partial charge in [-0.15, -0.1) is 10.2 Å². The van der Waals surface area contributed by atoms with Crippen molar-refractivity contribution in [2.45, 2.75) is 51.6 Å². The smallest absolute Gasteiger partial charge is 0.266 e. The van der Waals surface area contributed by atoms with Crippen molar-refractivity contribution >= 4 is 16.5 Å². The van der Waals surface area contributed by atoms with Gasteiger partial charge in [0.25, 0.3) is 5.56 Å². The fraction of sp³-hybridized carbons (Fsp3) is 0.600. The van der Waals surface area contributed by atoms with Crippen LogP contribution in [0.1, 0.15) is 39.3 Å². The van der Waals surface area contributed by atoms with Crippen molar-refractivity contribution < 1.29 is 0 Å². The van der Waals surface area contributed by atoms with Crippen molar-refractivity contribution in [3.8, 4) is 0 Å². The average Bonchev–Trinajstić information content (AvgIpc) is 3.10. The van der Waals surface area contributed by atoms with Crippen LogP contribution in [0.15, 0.2) is 22.4 Å². The van der Waals surface area contributed by atoms with Crippen LogP contribution in [0.3, 0.4) is 0 Å². The first kappa shape index (κ1) is 15.1. The third-order valence-corrected chi connectivity index (χ3v) is 4.72. The Balaban J connectivity index is 1.85. The maximum atomic E-state index is 12.1. The summed E-state index contributed by atoms with van der Waals surface area (Å²) in [5, 5.41) is 13.6. The van der Waals surface area contributed by atoms with Gasteiger partial charge in [-0.05, 0) is 18.9 Å². The molecule has 0 aromatic carbocycles. The first-order valence-corrected chi connectivity index (χ1v) is 8.44. The fourth-order valence-electron chi connectivity index (χ4n) is 2.75. The molecule has 0 amide bonds. The zero-order valence-corrected chi connectivity index (χ0v) is 14.0. The van der Waals surface area contributed by atoms with Gasteiger partial charge in [0.05, 0.1) is 18.3 Å². The summed E-state index contributed by atoms with van der Waals surface area (Å²) in [6, 6.07) is 3.71. The van der Waals surface area contributed by atoms with Crippen molar-refractivity contribution in [1.82, 2.24) is 20.0 Å². The fourth-order valence-corrected chi connectivity index (χ4v) is 3.41. The molecule has 1 fully saturated rings. The lowest BCUT2D eigenvalue weighted by molar-refractivity contribution is 0.457. The topological polar surface area (TPSA) is 63.9 Å². The predicted molar refractivity (Wildman–Crippen MR) is 87.5 cm³/mol. The van der Waals surface area contributed by atoms with Crippen LogP contribution in [0, 0.1) is 0 Å². The van der Waals surface area contributed by atoms with Crippen LogP contribution in [0.4, 0.5) is 5.13 Å². The maximum Gasteiger partial charge on any atom is 0.266 e. The van der Waals surface area contributed by atoms with Crippen molar-refractivity contribution in [2.75, 3.05) is 11.4 Å². The molecule has 1 saturated heterocycles. The Morgan fingerprint density at radius 3 is 2.86 bits per heavy atom. The standard InChI is InChI=1S/C15H21N5OS/c1-15(2,3)12-6-7-13(21)20(18-12)9-11-5-4-8-19(11)14-17-16-10-22-14/h6-7,10-11H,4-5,8-9H2,1-3H3. The van der Waals surface area contributed by atoms with E-state index in [4.69, 9.17) is 0 Å². The second kappa shape index (κ2) is 5.79. The molecule has 6 nitrogen and oxygen atoms in total. The highest BCUT2D eigenvalue weighted by atomic mass is 32.1. The minimum atomic E-state index is -0.0654. The van der Waals surface area contributed by atoms with E-state index in [1.807, 2.05) is 6.07 Å². The van der Waals surface area contributed by atoms with E-state index in [1.165, 1.54) is 0 Å². The van der Waals surface area contributed by atoms with Gasteiger partial charge in [0, 0.05) is 18.0 Å². The molecular formula is C15H21N5OS. The lowest BCUT2D eigenvalue weighted by Gasteiger charge is -2.24. The lowest BCUT2D eigenvalue weighted by Crippen LogP contribution is -2.37. The normalized spacial score (nSPS) is 18.9. The summed E-state index contributed by atoms with van der Waals surface area (Å²) in [7, 11) is 0. The largest absolute Gasteiger partial charge is 0.342 e. The Kier molecular flexibility index (Phi) is 3.99. The van der Waals surface area contributed by atoms with Gasteiger partial charge in [-0.2, -0.15) is 5.10 Å². The summed E-state index contributed by atoms with van der Waals surface area (Å²) >= 11 is 1.54. The Hall–Kier alpha value is -1.76. The Labute approximate surface area is 133 Å². The number of nitrogens with zero attached hydrogens (tertiary/aromatic N) is 5. The Bertz CT molecular complexity index is 689. The summed E-state index contributed by atoms with van der Waals surface area (Å²) in [5.74, 6) is 0. The van der Waals surface area contributed by atoms with Crippen molar-refractivity contribution in [1.29, 1.82) is 0 Å². The first-order chi connectivity index (χ1) is 10.4. The summed E-state index contributed by atoms with van der Waals surface area (Å²) in [5.41, 5.74) is 2.57. The number of aromatic nitrogens is 4. The minimum absolute atomic E-state index is 0.0443. The number of hydrogen-bond donors (Lipinski definition) is 0. The van der Waals surface area contributed by atoms with Crippen LogP contribution in [-0.2, 0) is 12.0 Å². The molecule has 1 aliphatic rings. The van der Waals surface area contributed by atoms with E-state index in [0.717, 1.165) is 30.2 Å². The molecule has 0 saturated carbocycles. The van der Waals surface area contributed by atoms with Gasteiger partial charge in [0.15, 0.2) is 0 Å². The van der Waals surface area contributed by atoms with Crippen LogP contribution >= 0.6 is 11.3 Å². The zero-order valence-electron chi connectivity index (χ0n) is 13.2. The van der Waals surface area contributed by atoms with Gasteiger partial charge in [-0.25, -0.2) is 4.68 Å². The van der Waals surface area contributed by atoms with E-state index in [1.54, 1.807) is 27.6 Å². The molecule has 0 N–H and O–H groups in total. The lowest BCUT2D eigenvalue weighted by atomic mass is 9.92. The molecule has 3 heterocycles. The summed E-state index contributed by atoms with van der Waals surface area (Å²) in [6.07, 6.45) is 2.16. The minimum Gasteiger partial charge on any atom is -0.342 e. The number of anilines is 1. The van der Waals surface area contributed by atoms with Crippen LogP contribution in [0.25, 0.3) is 0 Å². The highest BCUT2D eigenvalue weighted by Gasteiger charge is 2.28. The SMILES string of the molecule is CC(C)(C)c1ccc(=O)n(CC2CCCN2c2nncs2)n1. The molecule has 0 spiro atoms. The highest BCUT2D eigenvalue weighted by molar-refractivity contribution is 7.13. The van der Waals surface area contributed by atoms with E-state index in [9.17, 15) is 4.79 Å². The van der Waals surface area contributed by atoms with Gasteiger partial charge in [-0.3, -0.25) is 4.79 Å². The van der Waals surface area contributed by atoms with Gasteiger partial charge in [-0.1, -0.05) is 32.1 Å². The average molecular weight is 319 g/mol. The van der Waals surface area contributed by atoms with Gasteiger partial charge in [0.1, 0.15) is 5.51 Å². The quantitative estimate of drug-likeness (QED) is 0.866. The third kappa shape index (κ3) is 3.04. The number of hydrogen-bond acceptors (Lipinski definition) is 6. The summed E-state index contributed by atoms with van der Waals surface area (Å²) < 4.78 is 1.60. The Morgan fingerprint density at radius 2 is 2.18 bits per heavy atom. The van der Waals surface area contributed by atoms with Gasteiger partial charge >= 0.3 is 0 Å². The Morgan fingerprint density at radius 1 is 1.36 bits per heavy atom. The predicted octanol–water partition coefficient (Wildman–Crippen LogP) is 2.06. The first-order valence-electron chi connectivity index (χ1n) is 7.56. The molecule has 1 atom stereocenters. The van der Waals surface area contributed by atoms with Crippen molar-refractivity contribution in [2.24, 2.45) is 0 Å². The van der Waals surface area contributed by atoms with Gasteiger partial charge in [0.2, 0.25) is 5.13 Å². The number of rotatable bonds is 3. The monoisotopic (exact) mass is 319 g/mol. The molecule has 1 aliphatic heterocycles. The van der Waals surface area contributed by atoms with Crippen LogP contribution in [-0.4, -0.2) is 32.6 Å². The van der Waals surface area contributed by atoms with Gasteiger partial charge < -0.3 is 4.90 Å². The molecule has 22 heavy (non-hydrogen) atoms. The molecule has 7 heteroatoms. The van der Waals surface area contributed by atoms with Crippen LogP contribution in [0.5, 0.6) is 0 Å². The van der Waals surface area contributed by atoms with Crippen molar-refractivity contribution in [3.63, 3.8) is 0 Å². The second-order valence-corrected chi connectivity index (χ2v) is 7.51. The van der Waals surface area contributed by atoms with Crippen LogP contribution in [0.2, 0.25) is 0 Å². The van der Waals surface area contributed by atoms with Crippen molar-refractivity contribution in [3.05, 3.63) is 33.7 Å². The highest BCUT2D eigenvalue weighted by Crippen LogP contribution is 2.27. The van der Waals surface area contributed by atoms with E-state index >= 15 is 0 Å². The molecule has 0 radical (unpaired) electrons. The molecule has 3 rings (SSSR count). The third-order valence-electron chi connectivity index (χ3n) is 3.99. The summed E-state index contributed by atoms with van der Waals surface area (Å²) in [6.45, 7) is 7.88. The molecule has 118 valence electrons. The zero-order chi connectivity index (χ0) is 15.7. The molecule has 2 aromatic heterocycles. The molecule has 2 aromatic rings. The van der Waals surface area contributed by atoms with E-state index in [2.05, 4.69) is 41.0 Å². The second-order valence-electron chi connectivity index (χ2n) is 6.70. The molecular weight excluding hydrogens is 298 g/mol. The molecule has 0 aliphatic carbocycles. The van der Waals surface area contributed by atoms with Crippen LogP contribution < -0.4 is 10.5 Å². The van der Waals surface area contributed by atoms with E-state index in [-0.39, 0.29) is 17.0 Å². The van der Waals surface area contributed by atoms with E-state index < -0.39 is 0 Å². The molecule has 0 bridgehead atoms. The summed E-state index contributed by atoms with van der Waals surface area (Å²) in [4.78, 5) is 14.4. The maximum absolute atomic E-state index is 12.1.